The fraction of sp³-hybridized carbons (Fsp3) is 0.692. The Morgan fingerprint density at radius 1 is 1.32 bits per heavy atom. The summed E-state index contributed by atoms with van der Waals surface area (Å²) in [5.41, 5.74) is -1.40. The molecule has 0 aliphatic heterocycles. The average Bonchev–Trinajstić information content (AvgIpc) is 3.28. The summed E-state index contributed by atoms with van der Waals surface area (Å²) in [6, 6.07) is 0. The van der Waals surface area contributed by atoms with E-state index >= 15 is 0 Å². The molecule has 2 rings (SSSR count). The first-order valence-electron chi connectivity index (χ1n) is 7.17. The summed E-state index contributed by atoms with van der Waals surface area (Å²) in [5.74, 6) is 0.672. The molecule has 124 valence electrons. The van der Waals surface area contributed by atoms with E-state index in [-0.39, 0.29) is 6.54 Å². The van der Waals surface area contributed by atoms with Gasteiger partial charge in [-0.25, -0.2) is 17.9 Å². The Balaban J connectivity index is 1.95. The van der Waals surface area contributed by atoms with E-state index in [1.54, 1.807) is 0 Å². The lowest BCUT2D eigenvalue weighted by molar-refractivity contribution is 0.123. The standard InChI is InChI=1S/C13H21N3O5S/c1-15-8-11(12(17)16(2)13(15)18)22(19,20)14-6-3-7-21-9-10-4-5-10/h8,10,14H,3-7,9H2,1-2H3. The number of ether oxygens (including phenoxy) is 1. The van der Waals surface area contributed by atoms with Gasteiger partial charge in [0.1, 0.15) is 0 Å². The van der Waals surface area contributed by atoms with Crippen LogP contribution < -0.4 is 16.0 Å². The van der Waals surface area contributed by atoms with Gasteiger partial charge in [-0.2, -0.15) is 0 Å². The van der Waals surface area contributed by atoms with Gasteiger partial charge in [0, 0.05) is 40.1 Å². The maximum absolute atomic E-state index is 12.1. The molecular formula is C13H21N3O5S. The van der Waals surface area contributed by atoms with E-state index in [1.165, 1.54) is 26.9 Å². The van der Waals surface area contributed by atoms with Crippen molar-refractivity contribution in [3.63, 3.8) is 0 Å². The number of aryl methyl sites for hydroxylation is 1. The van der Waals surface area contributed by atoms with E-state index in [0.717, 1.165) is 21.9 Å². The summed E-state index contributed by atoms with van der Waals surface area (Å²) in [6.07, 6.45) is 3.99. The summed E-state index contributed by atoms with van der Waals surface area (Å²) >= 11 is 0. The van der Waals surface area contributed by atoms with E-state index < -0.39 is 26.2 Å². The lowest BCUT2D eigenvalue weighted by Crippen LogP contribution is -2.41. The number of nitrogens with one attached hydrogen (secondary N) is 1. The van der Waals surface area contributed by atoms with Crippen LogP contribution in [0.4, 0.5) is 0 Å². The first-order chi connectivity index (χ1) is 10.3. The van der Waals surface area contributed by atoms with Crippen LogP contribution in [0.2, 0.25) is 0 Å². The van der Waals surface area contributed by atoms with Crippen LogP contribution in [0.5, 0.6) is 0 Å². The van der Waals surface area contributed by atoms with Crippen molar-refractivity contribution in [3.05, 3.63) is 27.0 Å². The molecule has 1 saturated carbocycles. The van der Waals surface area contributed by atoms with Gasteiger partial charge in [0.15, 0.2) is 4.90 Å². The summed E-state index contributed by atoms with van der Waals surface area (Å²) in [7, 11) is -1.30. The van der Waals surface area contributed by atoms with Gasteiger partial charge in [0.2, 0.25) is 10.0 Å². The second-order valence-corrected chi connectivity index (χ2v) is 7.26. The van der Waals surface area contributed by atoms with Crippen LogP contribution in [-0.4, -0.2) is 37.3 Å². The molecule has 1 N–H and O–H groups in total. The maximum atomic E-state index is 12.1. The van der Waals surface area contributed by atoms with Crippen LogP contribution in [0.25, 0.3) is 0 Å². The Labute approximate surface area is 128 Å². The fourth-order valence-corrected chi connectivity index (χ4v) is 3.18. The Hall–Kier alpha value is -1.45. The number of nitrogens with zero attached hydrogens (tertiary/aromatic N) is 2. The van der Waals surface area contributed by atoms with Crippen LogP contribution in [-0.2, 0) is 28.9 Å². The highest BCUT2D eigenvalue weighted by molar-refractivity contribution is 7.89. The molecule has 0 spiro atoms. The summed E-state index contributed by atoms with van der Waals surface area (Å²) in [4.78, 5) is 23.0. The zero-order chi connectivity index (χ0) is 16.3. The van der Waals surface area contributed by atoms with Gasteiger partial charge in [-0.3, -0.25) is 9.36 Å². The van der Waals surface area contributed by atoms with Gasteiger partial charge < -0.3 is 9.30 Å². The zero-order valence-electron chi connectivity index (χ0n) is 12.7. The highest BCUT2D eigenvalue weighted by Crippen LogP contribution is 2.28. The number of aromatic nitrogens is 2. The number of rotatable bonds is 8. The van der Waals surface area contributed by atoms with Gasteiger partial charge in [-0.05, 0) is 25.2 Å². The molecule has 1 aliphatic rings. The van der Waals surface area contributed by atoms with Crippen molar-refractivity contribution >= 4 is 10.0 Å². The summed E-state index contributed by atoms with van der Waals surface area (Å²) in [5, 5.41) is 0. The van der Waals surface area contributed by atoms with Crippen LogP contribution in [0.3, 0.4) is 0 Å². The Bertz CT molecular complexity index is 746. The topological polar surface area (TPSA) is 99.4 Å². The molecule has 1 aliphatic carbocycles. The van der Waals surface area contributed by atoms with Crippen molar-refractivity contribution in [2.75, 3.05) is 19.8 Å². The third-order valence-electron chi connectivity index (χ3n) is 3.51. The van der Waals surface area contributed by atoms with Crippen LogP contribution >= 0.6 is 0 Å². The van der Waals surface area contributed by atoms with E-state index in [4.69, 9.17) is 4.74 Å². The minimum Gasteiger partial charge on any atom is -0.381 e. The normalized spacial score (nSPS) is 15.2. The van der Waals surface area contributed by atoms with Crippen LogP contribution in [0.15, 0.2) is 20.7 Å². The summed E-state index contributed by atoms with van der Waals surface area (Å²) in [6.45, 7) is 1.39. The predicted octanol–water partition coefficient (Wildman–Crippen LogP) is -0.821. The smallest absolute Gasteiger partial charge is 0.330 e. The van der Waals surface area contributed by atoms with Crippen molar-refractivity contribution < 1.29 is 13.2 Å². The molecule has 1 aromatic rings. The van der Waals surface area contributed by atoms with E-state index in [9.17, 15) is 18.0 Å². The molecule has 0 radical (unpaired) electrons. The average molecular weight is 331 g/mol. The summed E-state index contributed by atoms with van der Waals surface area (Å²) < 4.78 is 33.9. The first kappa shape index (κ1) is 16.9. The Kier molecular flexibility index (Phi) is 5.20. The molecule has 1 fully saturated rings. The van der Waals surface area contributed by atoms with E-state index in [1.807, 2.05) is 0 Å². The largest absolute Gasteiger partial charge is 0.381 e. The molecule has 22 heavy (non-hydrogen) atoms. The zero-order valence-corrected chi connectivity index (χ0v) is 13.6. The molecule has 0 bridgehead atoms. The molecule has 0 unspecified atom stereocenters. The third-order valence-corrected chi connectivity index (χ3v) is 4.96. The highest BCUT2D eigenvalue weighted by Gasteiger charge is 2.22. The van der Waals surface area contributed by atoms with Gasteiger partial charge in [0.05, 0.1) is 0 Å². The van der Waals surface area contributed by atoms with Crippen molar-refractivity contribution in [1.29, 1.82) is 0 Å². The fourth-order valence-electron chi connectivity index (χ4n) is 1.95. The quantitative estimate of drug-likeness (QED) is 0.627. The number of sulfonamides is 1. The molecule has 1 heterocycles. The molecule has 0 aromatic carbocycles. The molecule has 0 atom stereocenters. The minimum absolute atomic E-state index is 0.180. The minimum atomic E-state index is -3.94. The Morgan fingerprint density at radius 2 is 2.00 bits per heavy atom. The van der Waals surface area contributed by atoms with E-state index in [2.05, 4.69) is 4.72 Å². The predicted molar refractivity (Wildman–Crippen MR) is 80.3 cm³/mol. The number of hydrogen-bond donors (Lipinski definition) is 1. The van der Waals surface area contributed by atoms with Gasteiger partial charge in [-0.15, -0.1) is 0 Å². The molecule has 0 saturated heterocycles. The SMILES string of the molecule is Cn1cc(S(=O)(=O)NCCCOCC2CC2)c(=O)n(C)c1=O. The van der Waals surface area contributed by atoms with Gasteiger partial charge >= 0.3 is 5.69 Å². The lowest BCUT2D eigenvalue weighted by atomic mass is 10.4. The molecule has 9 heteroatoms. The molecular weight excluding hydrogens is 310 g/mol. The van der Waals surface area contributed by atoms with Crippen molar-refractivity contribution in [1.82, 2.24) is 13.9 Å². The third kappa shape index (κ3) is 4.05. The molecule has 0 amide bonds. The number of hydrogen-bond acceptors (Lipinski definition) is 5. The Morgan fingerprint density at radius 3 is 2.64 bits per heavy atom. The monoisotopic (exact) mass is 331 g/mol. The lowest BCUT2D eigenvalue weighted by Gasteiger charge is -2.09. The van der Waals surface area contributed by atoms with Crippen LogP contribution in [0.1, 0.15) is 19.3 Å². The van der Waals surface area contributed by atoms with Gasteiger partial charge in [-0.1, -0.05) is 0 Å². The molecule has 8 nitrogen and oxygen atoms in total. The maximum Gasteiger partial charge on any atom is 0.330 e. The van der Waals surface area contributed by atoms with Crippen molar-refractivity contribution in [2.24, 2.45) is 20.0 Å². The second-order valence-electron chi connectivity index (χ2n) is 5.52. The van der Waals surface area contributed by atoms with Crippen molar-refractivity contribution in [2.45, 2.75) is 24.2 Å². The van der Waals surface area contributed by atoms with E-state index in [0.29, 0.717) is 18.9 Å². The first-order valence-corrected chi connectivity index (χ1v) is 8.65. The molecule has 1 aromatic heterocycles. The highest BCUT2D eigenvalue weighted by atomic mass is 32.2. The van der Waals surface area contributed by atoms with Crippen molar-refractivity contribution in [3.8, 4) is 0 Å². The second kappa shape index (κ2) is 6.76. The van der Waals surface area contributed by atoms with Gasteiger partial charge in [0.25, 0.3) is 5.56 Å². The van der Waals surface area contributed by atoms with Crippen LogP contribution in [0, 0.1) is 5.92 Å².